The fourth-order valence-corrected chi connectivity index (χ4v) is 2.43. The van der Waals surface area contributed by atoms with Crippen LogP contribution in [0.4, 0.5) is 5.95 Å². The average Bonchev–Trinajstić information content (AvgIpc) is 2.49. The number of hydrogen-bond acceptors (Lipinski definition) is 5. The van der Waals surface area contributed by atoms with E-state index >= 15 is 0 Å². The van der Waals surface area contributed by atoms with Gasteiger partial charge in [0.15, 0.2) is 0 Å². The fraction of sp³-hybridized carbons (Fsp3) is 0.375. The Bertz CT molecular complexity index is 727. The first-order valence-electron chi connectivity index (χ1n) is 7.47. The summed E-state index contributed by atoms with van der Waals surface area (Å²) in [5.74, 6) is 0.127. The molecule has 7 nitrogen and oxygen atoms in total. The van der Waals surface area contributed by atoms with Crippen molar-refractivity contribution in [2.45, 2.75) is 33.2 Å². The van der Waals surface area contributed by atoms with E-state index in [1.165, 1.54) is 0 Å². The van der Waals surface area contributed by atoms with Crippen molar-refractivity contribution in [1.82, 2.24) is 19.9 Å². The quantitative estimate of drug-likeness (QED) is 0.828. The summed E-state index contributed by atoms with van der Waals surface area (Å²) < 4.78 is 0. The van der Waals surface area contributed by atoms with Gasteiger partial charge in [0, 0.05) is 43.7 Å². The number of amides is 1. The van der Waals surface area contributed by atoms with Crippen molar-refractivity contribution in [3.05, 3.63) is 51.7 Å². The van der Waals surface area contributed by atoms with Crippen LogP contribution in [0, 0.1) is 6.92 Å². The van der Waals surface area contributed by atoms with Gasteiger partial charge in [-0.2, -0.15) is 0 Å². The molecule has 2 heterocycles. The summed E-state index contributed by atoms with van der Waals surface area (Å²) in [6.07, 6.45) is 4.64. The van der Waals surface area contributed by atoms with Gasteiger partial charge in [-0.1, -0.05) is 0 Å². The van der Waals surface area contributed by atoms with Crippen LogP contribution in [0.25, 0.3) is 0 Å². The van der Waals surface area contributed by atoms with E-state index in [0.717, 1.165) is 5.56 Å². The van der Waals surface area contributed by atoms with Crippen LogP contribution < -0.4 is 11.3 Å². The van der Waals surface area contributed by atoms with Crippen LogP contribution in [0.15, 0.2) is 29.3 Å². The predicted octanol–water partition coefficient (Wildman–Crippen LogP) is 1.04. The maximum Gasteiger partial charge on any atom is 0.255 e. The molecule has 0 aliphatic rings. The normalized spacial score (nSPS) is 10.5. The average molecular weight is 315 g/mol. The van der Waals surface area contributed by atoms with Gasteiger partial charge in [0.1, 0.15) is 0 Å². The Morgan fingerprint density at radius 1 is 1.35 bits per heavy atom. The third-order valence-electron chi connectivity index (χ3n) is 3.66. The topological polar surface area (TPSA) is 105 Å². The Kier molecular flexibility index (Phi) is 5.46. The molecule has 2 aromatic heterocycles. The highest BCUT2D eigenvalue weighted by Crippen LogP contribution is 2.08. The largest absolute Gasteiger partial charge is 0.369 e. The van der Waals surface area contributed by atoms with Crippen LogP contribution in [-0.2, 0) is 17.8 Å². The number of rotatable bonds is 6. The van der Waals surface area contributed by atoms with Crippen molar-refractivity contribution in [2.24, 2.45) is 0 Å². The third kappa shape index (κ3) is 4.64. The molecule has 0 unspecified atom stereocenters. The summed E-state index contributed by atoms with van der Waals surface area (Å²) in [5.41, 5.74) is 7.57. The molecule has 1 amide bonds. The number of hydrogen-bond donors (Lipinski definition) is 2. The second-order valence-electron chi connectivity index (χ2n) is 5.41. The zero-order chi connectivity index (χ0) is 16.8. The molecule has 0 fully saturated rings. The van der Waals surface area contributed by atoms with E-state index in [-0.39, 0.29) is 17.4 Å². The van der Waals surface area contributed by atoms with Crippen LogP contribution in [0.1, 0.15) is 30.2 Å². The van der Waals surface area contributed by atoms with Gasteiger partial charge in [0.2, 0.25) is 11.9 Å². The third-order valence-corrected chi connectivity index (χ3v) is 3.66. The molecule has 2 rings (SSSR count). The number of carbonyl (C=O) groups excluding carboxylic acids is 1. The summed E-state index contributed by atoms with van der Waals surface area (Å²) in [6.45, 7) is 4.42. The standard InChI is InChI=1S/C16H21N5O2/c1-11-14(15(23)20-16(17)19-11)4-3-9-21(12(2)22)10-13-5-7-18-8-6-13/h5-8H,3-4,9-10H2,1-2H3,(H3,17,19,20,23). The molecule has 2 aromatic rings. The number of nitrogens with one attached hydrogen (secondary N) is 1. The first kappa shape index (κ1) is 16.7. The Labute approximate surface area is 134 Å². The van der Waals surface area contributed by atoms with Crippen molar-refractivity contribution in [3.63, 3.8) is 0 Å². The van der Waals surface area contributed by atoms with E-state index < -0.39 is 0 Å². The maximum atomic E-state index is 11.9. The van der Waals surface area contributed by atoms with Crippen molar-refractivity contribution >= 4 is 11.9 Å². The van der Waals surface area contributed by atoms with Crippen molar-refractivity contribution in [3.8, 4) is 0 Å². The van der Waals surface area contributed by atoms with Crippen LogP contribution in [0.3, 0.4) is 0 Å². The Morgan fingerprint density at radius 2 is 2.04 bits per heavy atom. The smallest absolute Gasteiger partial charge is 0.255 e. The molecule has 0 aliphatic carbocycles. The highest BCUT2D eigenvalue weighted by molar-refractivity contribution is 5.73. The zero-order valence-corrected chi connectivity index (χ0v) is 13.4. The molecule has 0 spiro atoms. The minimum Gasteiger partial charge on any atom is -0.369 e. The van der Waals surface area contributed by atoms with E-state index in [9.17, 15) is 9.59 Å². The van der Waals surface area contributed by atoms with Gasteiger partial charge in [-0.3, -0.25) is 19.6 Å². The molecule has 7 heteroatoms. The number of nitrogens with two attached hydrogens (primary N) is 1. The second kappa shape index (κ2) is 7.53. The highest BCUT2D eigenvalue weighted by Gasteiger charge is 2.11. The number of aryl methyl sites for hydroxylation is 1. The lowest BCUT2D eigenvalue weighted by Gasteiger charge is -2.21. The molecule has 0 saturated heterocycles. The Hall–Kier alpha value is -2.70. The first-order valence-corrected chi connectivity index (χ1v) is 7.47. The monoisotopic (exact) mass is 315 g/mol. The SMILES string of the molecule is CC(=O)N(CCCc1c(C)nc(N)[nH]c1=O)Cc1ccncc1. The number of anilines is 1. The number of nitrogen functional groups attached to an aromatic ring is 1. The summed E-state index contributed by atoms with van der Waals surface area (Å²) in [7, 11) is 0. The lowest BCUT2D eigenvalue weighted by molar-refractivity contribution is -0.129. The minimum atomic E-state index is -0.210. The molecule has 0 radical (unpaired) electrons. The number of H-pyrrole nitrogens is 1. The maximum absolute atomic E-state index is 11.9. The molecule has 0 atom stereocenters. The van der Waals surface area contributed by atoms with Gasteiger partial charge in [0.05, 0.1) is 0 Å². The van der Waals surface area contributed by atoms with Crippen LogP contribution in [0.2, 0.25) is 0 Å². The summed E-state index contributed by atoms with van der Waals surface area (Å²) in [5, 5.41) is 0. The Balaban J connectivity index is 1.98. The molecule has 0 bridgehead atoms. The lowest BCUT2D eigenvalue weighted by atomic mass is 10.1. The van der Waals surface area contributed by atoms with Gasteiger partial charge < -0.3 is 10.6 Å². The number of aromatic amines is 1. The van der Waals surface area contributed by atoms with Crippen molar-refractivity contribution < 1.29 is 4.79 Å². The molecular formula is C16H21N5O2. The molecule has 0 aromatic carbocycles. The zero-order valence-electron chi connectivity index (χ0n) is 13.4. The van der Waals surface area contributed by atoms with E-state index in [1.807, 2.05) is 12.1 Å². The van der Waals surface area contributed by atoms with Crippen LogP contribution in [-0.4, -0.2) is 32.3 Å². The molecule has 0 aliphatic heterocycles. The lowest BCUT2D eigenvalue weighted by Crippen LogP contribution is -2.30. The van der Waals surface area contributed by atoms with Crippen LogP contribution in [0.5, 0.6) is 0 Å². The van der Waals surface area contributed by atoms with E-state index in [0.29, 0.717) is 37.2 Å². The number of carbonyl (C=O) groups is 1. The number of pyridine rings is 1. The van der Waals surface area contributed by atoms with Gasteiger partial charge in [-0.05, 0) is 37.5 Å². The van der Waals surface area contributed by atoms with Crippen molar-refractivity contribution in [2.75, 3.05) is 12.3 Å². The van der Waals surface area contributed by atoms with Gasteiger partial charge in [-0.15, -0.1) is 0 Å². The van der Waals surface area contributed by atoms with Gasteiger partial charge >= 0.3 is 0 Å². The molecule has 23 heavy (non-hydrogen) atoms. The molecule has 3 N–H and O–H groups in total. The first-order chi connectivity index (χ1) is 11.0. The Morgan fingerprint density at radius 3 is 2.65 bits per heavy atom. The highest BCUT2D eigenvalue weighted by atomic mass is 16.2. The number of aromatic nitrogens is 3. The number of nitrogens with zero attached hydrogens (tertiary/aromatic N) is 3. The fourth-order valence-electron chi connectivity index (χ4n) is 2.43. The van der Waals surface area contributed by atoms with E-state index in [2.05, 4.69) is 15.0 Å². The second-order valence-corrected chi connectivity index (χ2v) is 5.41. The van der Waals surface area contributed by atoms with E-state index in [4.69, 9.17) is 5.73 Å². The summed E-state index contributed by atoms with van der Waals surface area (Å²) in [6, 6.07) is 3.77. The summed E-state index contributed by atoms with van der Waals surface area (Å²) >= 11 is 0. The van der Waals surface area contributed by atoms with Gasteiger partial charge in [-0.25, -0.2) is 4.98 Å². The summed E-state index contributed by atoms with van der Waals surface area (Å²) in [4.78, 5) is 36.0. The van der Waals surface area contributed by atoms with Crippen molar-refractivity contribution in [1.29, 1.82) is 0 Å². The van der Waals surface area contributed by atoms with Gasteiger partial charge in [0.25, 0.3) is 5.56 Å². The molecular weight excluding hydrogens is 294 g/mol. The molecule has 122 valence electrons. The predicted molar refractivity (Wildman–Crippen MR) is 87.7 cm³/mol. The molecule has 0 saturated carbocycles. The van der Waals surface area contributed by atoms with E-state index in [1.54, 1.807) is 31.1 Å². The van der Waals surface area contributed by atoms with Crippen LogP contribution >= 0.6 is 0 Å². The minimum absolute atomic E-state index is 0.00266.